The second-order valence-corrected chi connectivity index (χ2v) is 5.36. The second-order valence-electron chi connectivity index (χ2n) is 5.36. The van der Waals surface area contributed by atoms with E-state index in [9.17, 15) is 4.79 Å². The summed E-state index contributed by atoms with van der Waals surface area (Å²) in [5.74, 6) is -0.104. The first-order valence-corrected chi connectivity index (χ1v) is 6.89. The Bertz CT molecular complexity index is 277. The van der Waals surface area contributed by atoms with E-state index >= 15 is 0 Å². The molecule has 0 aromatic rings. The Balaban J connectivity index is 1.72. The van der Waals surface area contributed by atoms with Gasteiger partial charge in [0.2, 0.25) is 0 Å². The standard InChI is InChI=1S/C13H24N2O3/c1-11(2)18-13(16)10-14-4-3-12(9-14)15-5-7-17-8-6-15/h11-12H,3-10H2,1-2H3. The molecule has 2 aliphatic rings. The number of esters is 1. The number of ether oxygens (including phenoxy) is 2. The maximum atomic E-state index is 11.6. The maximum absolute atomic E-state index is 11.6. The number of morpholine rings is 1. The summed E-state index contributed by atoms with van der Waals surface area (Å²) in [6.45, 7) is 9.90. The van der Waals surface area contributed by atoms with Gasteiger partial charge in [-0.15, -0.1) is 0 Å². The first kappa shape index (κ1) is 13.8. The second kappa shape index (κ2) is 6.50. The lowest BCUT2D eigenvalue weighted by molar-refractivity contribution is -0.148. The predicted octanol–water partition coefficient (Wildman–Crippen LogP) is 0.345. The minimum atomic E-state index is -0.104. The van der Waals surface area contributed by atoms with E-state index in [4.69, 9.17) is 9.47 Å². The quantitative estimate of drug-likeness (QED) is 0.679. The largest absolute Gasteiger partial charge is 0.462 e. The van der Waals surface area contributed by atoms with E-state index in [0.29, 0.717) is 12.6 Å². The van der Waals surface area contributed by atoms with Gasteiger partial charge in [0.25, 0.3) is 0 Å². The summed E-state index contributed by atoms with van der Waals surface area (Å²) >= 11 is 0. The van der Waals surface area contributed by atoms with E-state index in [0.717, 1.165) is 45.8 Å². The molecule has 2 fully saturated rings. The van der Waals surface area contributed by atoms with Gasteiger partial charge in [0.15, 0.2) is 0 Å². The van der Waals surface area contributed by atoms with Crippen molar-refractivity contribution in [3.8, 4) is 0 Å². The highest BCUT2D eigenvalue weighted by molar-refractivity contribution is 5.71. The summed E-state index contributed by atoms with van der Waals surface area (Å²) < 4.78 is 10.5. The fraction of sp³-hybridized carbons (Fsp3) is 0.923. The van der Waals surface area contributed by atoms with Crippen LogP contribution in [0.2, 0.25) is 0 Å². The molecule has 2 heterocycles. The summed E-state index contributed by atoms with van der Waals surface area (Å²) in [6, 6.07) is 0.584. The fourth-order valence-corrected chi connectivity index (χ4v) is 2.68. The third-order valence-electron chi connectivity index (χ3n) is 3.53. The van der Waals surface area contributed by atoms with Crippen molar-refractivity contribution in [2.24, 2.45) is 0 Å². The van der Waals surface area contributed by atoms with Crippen molar-refractivity contribution in [1.82, 2.24) is 9.80 Å². The predicted molar refractivity (Wildman–Crippen MR) is 68.5 cm³/mol. The fourth-order valence-electron chi connectivity index (χ4n) is 2.68. The highest BCUT2D eigenvalue weighted by Crippen LogP contribution is 2.16. The van der Waals surface area contributed by atoms with E-state index in [1.807, 2.05) is 13.8 Å². The molecule has 2 rings (SSSR count). The average Bonchev–Trinajstić information content (AvgIpc) is 2.77. The van der Waals surface area contributed by atoms with Crippen LogP contribution in [0.1, 0.15) is 20.3 Å². The van der Waals surface area contributed by atoms with Gasteiger partial charge in [0.1, 0.15) is 0 Å². The monoisotopic (exact) mass is 256 g/mol. The molecule has 0 spiro atoms. The van der Waals surface area contributed by atoms with Gasteiger partial charge in [-0.3, -0.25) is 14.6 Å². The van der Waals surface area contributed by atoms with Crippen LogP contribution < -0.4 is 0 Å². The molecule has 5 nitrogen and oxygen atoms in total. The zero-order valence-corrected chi connectivity index (χ0v) is 11.4. The maximum Gasteiger partial charge on any atom is 0.320 e. The molecule has 0 aliphatic carbocycles. The van der Waals surface area contributed by atoms with Crippen LogP contribution >= 0.6 is 0 Å². The number of likely N-dealkylation sites (tertiary alicyclic amines) is 1. The molecule has 1 unspecified atom stereocenters. The normalized spacial score (nSPS) is 26.7. The minimum absolute atomic E-state index is 0.0184. The molecule has 0 aromatic carbocycles. The molecule has 5 heteroatoms. The zero-order chi connectivity index (χ0) is 13.0. The average molecular weight is 256 g/mol. The van der Waals surface area contributed by atoms with Crippen molar-refractivity contribution >= 4 is 5.97 Å². The Labute approximate surface area is 109 Å². The van der Waals surface area contributed by atoms with Crippen LogP contribution in [-0.2, 0) is 14.3 Å². The van der Waals surface area contributed by atoms with E-state index in [2.05, 4.69) is 9.80 Å². The third kappa shape index (κ3) is 3.93. The van der Waals surface area contributed by atoms with Crippen LogP contribution in [0.5, 0.6) is 0 Å². The molecular formula is C13H24N2O3. The van der Waals surface area contributed by atoms with Gasteiger partial charge in [0.05, 0.1) is 25.9 Å². The van der Waals surface area contributed by atoms with Crippen molar-refractivity contribution in [1.29, 1.82) is 0 Å². The molecule has 1 atom stereocenters. The van der Waals surface area contributed by atoms with Crippen molar-refractivity contribution in [2.75, 3.05) is 45.9 Å². The molecule has 18 heavy (non-hydrogen) atoms. The topological polar surface area (TPSA) is 42.0 Å². The van der Waals surface area contributed by atoms with Gasteiger partial charge in [0, 0.05) is 32.2 Å². The molecular weight excluding hydrogens is 232 g/mol. The van der Waals surface area contributed by atoms with Gasteiger partial charge < -0.3 is 9.47 Å². The van der Waals surface area contributed by atoms with Crippen LogP contribution in [-0.4, -0.2) is 73.9 Å². The van der Waals surface area contributed by atoms with Crippen LogP contribution in [0.25, 0.3) is 0 Å². The van der Waals surface area contributed by atoms with Crippen LogP contribution in [0, 0.1) is 0 Å². The van der Waals surface area contributed by atoms with Gasteiger partial charge >= 0.3 is 5.97 Å². The highest BCUT2D eigenvalue weighted by atomic mass is 16.5. The lowest BCUT2D eigenvalue weighted by Crippen LogP contribution is -2.45. The lowest BCUT2D eigenvalue weighted by Gasteiger charge is -2.32. The summed E-state index contributed by atoms with van der Waals surface area (Å²) in [4.78, 5) is 16.3. The Kier molecular flexibility index (Phi) is 4.97. The number of rotatable bonds is 4. The van der Waals surface area contributed by atoms with E-state index in [1.54, 1.807) is 0 Å². The molecule has 0 bridgehead atoms. The summed E-state index contributed by atoms with van der Waals surface area (Å²) in [7, 11) is 0. The first-order chi connectivity index (χ1) is 8.65. The summed E-state index contributed by atoms with van der Waals surface area (Å²) in [5.41, 5.74) is 0. The number of hydrogen-bond acceptors (Lipinski definition) is 5. The van der Waals surface area contributed by atoms with Gasteiger partial charge in [-0.25, -0.2) is 0 Å². The van der Waals surface area contributed by atoms with Crippen molar-refractivity contribution in [3.05, 3.63) is 0 Å². The van der Waals surface area contributed by atoms with E-state index in [1.165, 1.54) is 0 Å². The first-order valence-electron chi connectivity index (χ1n) is 6.89. The van der Waals surface area contributed by atoms with Crippen molar-refractivity contribution in [3.63, 3.8) is 0 Å². The summed E-state index contributed by atoms with van der Waals surface area (Å²) in [6.07, 6.45) is 1.13. The van der Waals surface area contributed by atoms with Crippen LogP contribution in [0.3, 0.4) is 0 Å². The smallest absolute Gasteiger partial charge is 0.320 e. The summed E-state index contributed by atoms with van der Waals surface area (Å²) in [5, 5.41) is 0. The molecule has 0 radical (unpaired) electrons. The van der Waals surface area contributed by atoms with Crippen molar-refractivity contribution in [2.45, 2.75) is 32.4 Å². The molecule has 2 saturated heterocycles. The van der Waals surface area contributed by atoms with Crippen molar-refractivity contribution < 1.29 is 14.3 Å². The molecule has 104 valence electrons. The van der Waals surface area contributed by atoms with Gasteiger partial charge in [-0.1, -0.05) is 0 Å². The highest BCUT2D eigenvalue weighted by Gasteiger charge is 2.29. The number of nitrogens with zero attached hydrogens (tertiary/aromatic N) is 2. The number of carbonyl (C=O) groups excluding carboxylic acids is 1. The Morgan fingerprint density at radius 1 is 1.33 bits per heavy atom. The lowest BCUT2D eigenvalue weighted by atomic mass is 10.2. The Morgan fingerprint density at radius 2 is 2.06 bits per heavy atom. The Morgan fingerprint density at radius 3 is 2.72 bits per heavy atom. The minimum Gasteiger partial charge on any atom is -0.462 e. The van der Waals surface area contributed by atoms with Gasteiger partial charge in [-0.2, -0.15) is 0 Å². The molecule has 2 aliphatic heterocycles. The molecule has 0 aromatic heterocycles. The number of hydrogen-bond donors (Lipinski definition) is 0. The van der Waals surface area contributed by atoms with Gasteiger partial charge in [-0.05, 0) is 20.3 Å². The van der Waals surface area contributed by atoms with Crippen LogP contribution in [0.15, 0.2) is 0 Å². The molecule has 0 amide bonds. The van der Waals surface area contributed by atoms with E-state index in [-0.39, 0.29) is 12.1 Å². The van der Waals surface area contributed by atoms with E-state index < -0.39 is 0 Å². The Hall–Kier alpha value is -0.650. The molecule has 0 saturated carbocycles. The third-order valence-corrected chi connectivity index (χ3v) is 3.53. The SMILES string of the molecule is CC(C)OC(=O)CN1CCC(N2CCOCC2)C1. The number of carbonyl (C=O) groups is 1. The van der Waals surface area contributed by atoms with Crippen LogP contribution in [0.4, 0.5) is 0 Å². The molecule has 0 N–H and O–H groups in total. The zero-order valence-electron chi connectivity index (χ0n) is 11.4.